The summed E-state index contributed by atoms with van der Waals surface area (Å²) in [6, 6.07) is 9.48. The summed E-state index contributed by atoms with van der Waals surface area (Å²) in [7, 11) is 0. The van der Waals surface area contributed by atoms with E-state index in [1.54, 1.807) is 6.07 Å². The topological polar surface area (TPSA) is 29.9 Å². The van der Waals surface area contributed by atoms with Gasteiger partial charge in [0.25, 0.3) is 0 Å². The number of benzene rings is 2. The second-order valence-corrected chi connectivity index (χ2v) is 5.84. The lowest BCUT2D eigenvalue weighted by Gasteiger charge is -2.11. The molecule has 2 aromatic carbocycles. The Morgan fingerprint density at radius 1 is 1.12 bits per heavy atom. The Morgan fingerprint density at radius 2 is 1.88 bits per heavy atom. The lowest BCUT2D eigenvalue weighted by atomic mass is 10.0. The van der Waals surface area contributed by atoms with Crippen molar-refractivity contribution >= 4 is 11.0 Å². The molecule has 0 spiro atoms. The van der Waals surface area contributed by atoms with Crippen molar-refractivity contribution in [2.45, 2.75) is 25.3 Å². The smallest absolute Gasteiger partial charge is 0.313 e. The van der Waals surface area contributed by atoms with Crippen LogP contribution in [0, 0.1) is 5.82 Å². The van der Waals surface area contributed by atoms with Gasteiger partial charge < -0.3 is 4.57 Å². The molecule has 1 atom stereocenters. The van der Waals surface area contributed by atoms with Crippen molar-refractivity contribution in [1.29, 1.82) is 0 Å². The molecule has 24 heavy (non-hydrogen) atoms. The lowest BCUT2D eigenvalue weighted by Crippen LogP contribution is -2.16. The molecule has 1 aromatic heterocycles. The van der Waals surface area contributed by atoms with E-state index in [9.17, 15) is 17.6 Å². The van der Waals surface area contributed by atoms with E-state index in [0.29, 0.717) is 18.6 Å². The average Bonchev–Trinajstić information content (AvgIpc) is 3.06. The zero-order chi connectivity index (χ0) is 16.9. The first-order valence-corrected chi connectivity index (χ1v) is 7.47. The summed E-state index contributed by atoms with van der Waals surface area (Å²) in [5, 5.41) is 3.29. The number of hydrogen-bond donors (Lipinski definition) is 1. The molecule has 0 amide bonds. The maximum Gasteiger partial charge on any atom is 0.416 e. The molecule has 0 unspecified atom stereocenters. The van der Waals surface area contributed by atoms with E-state index in [1.807, 2.05) is 4.57 Å². The molecule has 2 heterocycles. The van der Waals surface area contributed by atoms with E-state index in [1.165, 1.54) is 24.3 Å². The zero-order valence-corrected chi connectivity index (χ0v) is 12.4. The number of nitrogens with zero attached hydrogens (tertiary/aromatic N) is 2. The predicted molar refractivity (Wildman–Crippen MR) is 80.7 cm³/mol. The first-order chi connectivity index (χ1) is 11.4. The van der Waals surface area contributed by atoms with Gasteiger partial charge in [0.2, 0.25) is 0 Å². The standard InChI is InChI=1S/C17H13F4N3/c18-12-5-6-15-13(8-12)23-16-14(22-9-24(15)16)7-10-1-3-11(4-2-10)17(19,20)21/h1-6,8,14,22H,7,9H2/t14-/m1/s1. The summed E-state index contributed by atoms with van der Waals surface area (Å²) in [5.74, 6) is 0.432. The van der Waals surface area contributed by atoms with Crippen molar-refractivity contribution in [1.82, 2.24) is 14.9 Å². The predicted octanol–water partition coefficient (Wildman–Crippen LogP) is 4.04. The third kappa shape index (κ3) is 2.54. The third-order valence-corrected chi connectivity index (χ3v) is 4.27. The number of imidazole rings is 1. The van der Waals surface area contributed by atoms with Gasteiger partial charge >= 0.3 is 6.18 Å². The van der Waals surface area contributed by atoms with Gasteiger partial charge in [-0.15, -0.1) is 0 Å². The van der Waals surface area contributed by atoms with Crippen LogP contribution >= 0.6 is 0 Å². The van der Waals surface area contributed by atoms with Gasteiger partial charge in [0.15, 0.2) is 0 Å². The van der Waals surface area contributed by atoms with Crippen LogP contribution in [0.4, 0.5) is 17.6 Å². The Balaban J connectivity index is 1.61. The van der Waals surface area contributed by atoms with Crippen LogP contribution < -0.4 is 5.32 Å². The lowest BCUT2D eigenvalue weighted by molar-refractivity contribution is -0.137. The normalized spacial score (nSPS) is 17.4. The quantitative estimate of drug-likeness (QED) is 0.717. The van der Waals surface area contributed by atoms with E-state index >= 15 is 0 Å². The maximum atomic E-state index is 13.3. The van der Waals surface area contributed by atoms with Gasteiger partial charge in [0, 0.05) is 6.07 Å². The van der Waals surface area contributed by atoms with Crippen LogP contribution in [0.2, 0.25) is 0 Å². The number of aromatic nitrogens is 2. The fraction of sp³-hybridized carbons (Fsp3) is 0.235. The minimum Gasteiger partial charge on any atom is -0.313 e. The highest BCUT2D eigenvalue weighted by molar-refractivity contribution is 5.76. The van der Waals surface area contributed by atoms with Gasteiger partial charge in [-0.25, -0.2) is 9.37 Å². The fourth-order valence-electron chi connectivity index (χ4n) is 3.08. The molecule has 0 fully saturated rings. The molecule has 3 aromatic rings. The monoisotopic (exact) mass is 335 g/mol. The molecule has 0 aliphatic carbocycles. The van der Waals surface area contributed by atoms with E-state index in [2.05, 4.69) is 10.3 Å². The van der Waals surface area contributed by atoms with Gasteiger partial charge in [-0.3, -0.25) is 5.32 Å². The Labute approximate surface area is 134 Å². The second kappa shape index (κ2) is 5.31. The summed E-state index contributed by atoms with van der Waals surface area (Å²) >= 11 is 0. The van der Waals surface area contributed by atoms with Gasteiger partial charge in [-0.1, -0.05) is 12.1 Å². The zero-order valence-electron chi connectivity index (χ0n) is 12.4. The van der Waals surface area contributed by atoms with Crippen molar-refractivity contribution in [2.75, 3.05) is 0 Å². The number of rotatable bonds is 2. The molecule has 1 N–H and O–H groups in total. The minimum absolute atomic E-state index is 0.114. The van der Waals surface area contributed by atoms with Gasteiger partial charge in [0.05, 0.1) is 29.3 Å². The molecule has 0 bridgehead atoms. The summed E-state index contributed by atoms with van der Waals surface area (Å²) in [6.45, 7) is 0.544. The Hall–Kier alpha value is -2.41. The first-order valence-electron chi connectivity index (χ1n) is 7.47. The van der Waals surface area contributed by atoms with Crippen LogP contribution in [-0.2, 0) is 19.3 Å². The average molecular weight is 335 g/mol. The van der Waals surface area contributed by atoms with Crippen molar-refractivity contribution in [3.63, 3.8) is 0 Å². The van der Waals surface area contributed by atoms with E-state index in [-0.39, 0.29) is 11.9 Å². The molecule has 0 radical (unpaired) electrons. The number of alkyl halides is 3. The largest absolute Gasteiger partial charge is 0.416 e. The number of nitrogens with one attached hydrogen (secondary N) is 1. The molecule has 0 saturated carbocycles. The highest BCUT2D eigenvalue weighted by atomic mass is 19.4. The molecule has 1 aliphatic rings. The van der Waals surface area contributed by atoms with Crippen molar-refractivity contribution in [3.8, 4) is 0 Å². The molecule has 124 valence electrons. The Kier molecular flexibility index (Phi) is 3.35. The maximum absolute atomic E-state index is 13.3. The number of fused-ring (bicyclic) bond motifs is 3. The molecule has 1 aliphatic heterocycles. The van der Waals surface area contributed by atoms with E-state index in [0.717, 1.165) is 29.0 Å². The van der Waals surface area contributed by atoms with Gasteiger partial charge in [-0.2, -0.15) is 13.2 Å². The van der Waals surface area contributed by atoms with Crippen LogP contribution in [0.25, 0.3) is 11.0 Å². The van der Waals surface area contributed by atoms with Crippen molar-refractivity contribution in [3.05, 3.63) is 65.2 Å². The second-order valence-electron chi connectivity index (χ2n) is 5.84. The molecule has 3 nitrogen and oxygen atoms in total. The Bertz CT molecular complexity index is 897. The van der Waals surface area contributed by atoms with Crippen molar-refractivity contribution < 1.29 is 17.6 Å². The molecular formula is C17H13F4N3. The van der Waals surface area contributed by atoms with Gasteiger partial charge in [-0.05, 0) is 36.2 Å². The number of halogens is 4. The molecule has 0 saturated heterocycles. The van der Waals surface area contributed by atoms with Gasteiger partial charge in [0.1, 0.15) is 11.6 Å². The molecule has 7 heteroatoms. The fourth-order valence-corrected chi connectivity index (χ4v) is 3.08. The van der Waals surface area contributed by atoms with Crippen LogP contribution in [0.5, 0.6) is 0 Å². The summed E-state index contributed by atoms with van der Waals surface area (Å²) in [5.41, 5.74) is 1.55. The van der Waals surface area contributed by atoms with Crippen LogP contribution in [0.15, 0.2) is 42.5 Å². The van der Waals surface area contributed by atoms with Crippen molar-refractivity contribution in [2.24, 2.45) is 0 Å². The van der Waals surface area contributed by atoms with Crippen LogP contribution in [-0.4, -0.2) is 9.55 Å². The van der Waals surface area contributed by atoms with E-state index in [4.69, 9.17) is 0 Å². The summed E-state index contributed by atoms with van der Waals surface area (Å²) < 4.78 is 53.1. The highest BCUT2D eigenvalue weighted by Gasteiger charge is 2.30. The number of hydrogen-bond acceptors (Lipinski definition) is 2. The summed E-state index contributed by atoms with van der Waals surface area (Å²) in [4.78, 5) is 4.47. The SMILES string of the molecule is Fc1ccc2c(c1)nc1n2CN[C@@H]1Cc1ccc(C(F)(F)F)cc1. The summed E-state index contributed by atoms with van der Waals surface area (Å²) in [6.07, 6.45) is -3.81. The van der Waals surface area contributed by atoms with E-state index < -0.39 is 11.7 Å². The Morgan fingerprint density at radius 3 is 2.58 bits per heavy atom. The van der Waals surface area contributed by atoms with Crippen LogP contribution in [0.3, 0.4) is 0 Å². The van der Waals surface area contributed by atoms with Crippen LogP contribution in [0.1, 0.15) is 23.0 Å². The highest BCUT2D eigenvalue weighted by Crippen LogP contribution is 2.31. The molecular weight excluding hydrogens is 322 g/mol. The minimum atomic E-state index is -4.33. The first kappa shape index (κ1) is 15.1. The molecule has 4 rings (SSSR count). The third-order valence-electron chi connectivity index (χ3n) is 4.27.